The van der Waals surface area contributed by atoms with Gasteiger partial charge in [0.25, 0.3) is 5.91 Å². The number of carbonyl (C=O) groups excluding carboxylic acids is 1. The fourth-order valence-electron chi connectivity index (χ4n) is 2.34. The molecule has 2 rings (SSSR count). The second-order valence-electron chi connectivity index (χ2n) is 5.92. The molecule has 2 unspecified atom stereocenters. The molecular weight excluding hydrogens is 338 g/mol. The molecule has 0 aliphatic rings. The monoisotopic (exact) mass is 359 g/mol. The standard InChI is InChI=1S/C18H21N3O3S/c1-12-7-13-8-14(5-6-15(13)20-9-12)24-17(25-4)16(22)21-18(2,10-19)11-23-3/h5-9,17H,11H2,1-4H3,(H,21,22). The van der Waals surface area contributed by atoms with Crippen LogP contribution in [0.25, 0.3) is 10.9 Å². The van der Waals surface area contributed by atoms with Crippen molar-refractivity contribution in [2.75, 3.05) is 20.0 Å². The lowest BCUT2D eigenvalue weighted by atomic mass is 10.1. The van der Waals surface area contributed by atoms with E-state index in [1.165, 1.54) is 18.9 Å². The summed E-state index contributed by atoms with van der Waals surface area (Å²) in [4.78, 5) is 16.8. The normalized spacial score (nSPS) is 14.4. The highest BCUT2D eigenvalue weighted by Gasteiger charge is 2.30. The van der Waals surface area contributed by atoms with Crippen LogP contribution in [0.3, 0.4) is 0 Å². The van der Waals surface area contributed by atoms with Gasteiger partial charge in [0, 0.05) is 18.7 Å². The van der Waals surface area contributed by atoms with E-state index in [1.54, 1.807) is 25.4 Å². The van der Waals surface area contributed by atoms with Gasteiger partial charge in [-0.25, -0.2) is 0 Å². The van der Waals surface area contributed by atoms with Crippen molar-refractivity contribution in [2.24, 2.45) is 0 Å². The zero-order valence-electron chi connectivity index (χ0n) is 14.7. The molecule has 0 radical (unpaired) electrons. The molecule has 132 valence electrons. The van der Waals surface area contributed by atoms with Crippen molar-refractivity contribution in [1.82, 2.24) is 10.3 Å². The first-order valence-electron chi connectivity index (χ1n) is 7.69. The first kappa shape index (κ1) is 19.0. The molecule has 1 heterocycles. The number of hydrogen-bond acceptors (Lipinski definition) is 6. The molecule has 0 saturated carbocycles. The second kappa shape index (κ2) is 8.19. The van der Waals surface area contributed by atoms with Crippen LogP contribution >= 0.6 is 11.8 Å². The molecule has 6 nitrogen and oxygen atoms in total. The molecular formula is C18H21N3O3S. The minimum atomic E-state index is -1.10. The number of hydrogen-bond donors (Lipinski definition) is 1. The third kappa shape index (κ3) is 4.84. The van der Waals surface area contributed by atoms with E-state index in [-0.39, 0.29) is 12.5 Å². The number of aryl methyl sites for hydroxylation is 1. The Morgan fingerprint density at radius 2 is 2.24 bits per heavy atom. The van der Waals surface area contributed by atoms with Crippen LogP contribution < -0.4 is 10.1 Å². The number of benzene rings is 1. The largest absolute Gasteiger partial charge is 0.470 e. The van der Waals surface area contributed by atoms with Crippen molar-refractivity contribution >= 4 is 28.6 Å². The lowest BCUT2D eigenvalue weighted by Crippen LogP contribution is -2.52. The summed E-state index contributed by atoms with van der Waals surface area (Å²) >= 11 is 1.25. The van der Waals surface area contributed by atoms with Crippen molar-refractivity contribution in [3.8, 4) is 11.8 Å². The number of nitrogens with one attached hydrogen (secondary N) is 1. The molecule has 1 amide bonds. The summed E-state index contributed by atoms with van der Waals surface area (Å²) in [6.45, 7) is 3.67. The van der Waals surface area contributed by atoms with Gasteiger partial charge < -0.3 is 14.8 Å². The highest BCUT2D eigenvalue weighted by molar-refractivity contribution is 7.99. The first-order chi connectivity index (χ1) is 11.9. The molecule has 1 aromatic carbocycles. The highest BCUT2D eigenvalue weighted by atomic mass is 32.2. The number of nitriles is 1. The van der Waals surface area contributed by atoms with E-state index in [2.05, 4.69) is 16.4 Å². The molecule has 0 spiro atoms. The molecule has 1 N–H and O–H groups in total. The average molecular weight is 359 g/mol. The zero-order valence-corrected chi connectivity index (χ0v) is 15.5. The van der Waals surface area contributed by atoms with Gasteiger partial charge in [-0.3, -0.25) is 9.78 Å². The van der Waals surface area contributed by atoms with Gasteiger partial charge in [-0.15, -0.1) is 11.8 Å². The summed E-state index contributed by atoms with van der Waals surface area (Å²) < 4.78 is 10.8. The molecule has 1 aromatic heterocycles. The Morgan fingerprint density at radius 3 is 2.88 bits per heavy atom. The van der Waals surface area contributed by atoms with Crippen LogP contribution in [-0.4, -0.2) is 41.8 Å². The highest BCUT2D eigenvalue weighted by Crippen LogP contribution is 2.23. The summed E-state index contributed by atoms with van der Waals surface area (Å²) in [5.41, 5.74) is 0.0290. The first-order valence-corrected chi connectivity index (χ1v) is 8.97. The fraction of sp³-hybridized carbons (Fsp3) is 0.389. The molecule has 0 saturated heterocycles. The lowest BCUT2D eigenvalue weighted by molar-refractivity contribution is -0.126. The van der Waals surface area contributed by atoms with Gasteiger partial charge >= 0.3 is 0 Å². The quantitative estimate of drug-likeness (QED) is 0.765. The van der Waals surface area contributed by atoms with E-state index in [1.807, 2.05) is 25.1 Å². The van der Waals surface area contributed by atoms with Crippen LogP contribution in [0.15, 0.2) is 30.5 Å². The maximum absolute atomic E-state index is 12.5. The summed E-state index contributed by atoms with van der Waals surface area (Å²) in [7, 11) is 1.48. The maximum Gasteiger partial charge on any atom is 0.273 e. The van der Waals surface area contributed by atoms with E-state index in [4.69, 9.17) is 9.47 Å². The van der Waals surface area contributed by atoms with Gasteiger partial charge in [0.15, 0.2) is 0 Å². The van der Waals surface area contributed by atoms with Crippen molar-refractivity contribution in [3.05, 3.63) is 36.0 Å². The summed E-state index contributed by atoms with van der Waals surface area (Å²) in [5, 5.41) is 12.9. The van der Waals surface area contributed by atoms with Crippen molar-refractivity contribution in [1.29, 1.82) is 5.26 Å². The van der Waals surface area contributed by atoms with E-state index in [0.29, 0.717) is 5.75 Å². The number of ether oxygens (including phenoxy) is 2. The Morgan fingerprint density at radius 1 is 1.48 bits per heavy atom. The van der Waals surface area contributed by atoms with Crippen LogP contribution in [0, 0.1) is 18.3 Å². The van der Waals surface area contributed by atoms with Gasteiger partial charge in [0.05, 0.1) is 18.2 Å². The van der Waals surface area contributed by atoms with Gasteiger partial charge in [0.1, 0.15) is 11.3 Å². The van der Waals surface area contributed by atoms with E-state index in [9.17, 15) is 10.1 Å². The molecule has 7 heteroatoms. The van der Waals surface area contributed by atoms with Crippen LogP contribution in [0.2, 0.25) is 0 Å². The Balaban J connectivity index is 2.16. The number of amides is 1. The molecule has 0 aliphatic carbocycles. The number of rotatable bonds is 7. The van der Waals surface area contributed by atoms with Crippen molar-refractivity contribution < 1.29 is 14.3 Å². The number of methoxy groups -OCH3 is 1. The molecule has 0 bridgehead atoms. The Labute approximate surface area is 151 Å². The Bertz CT molecular complexity index is 806. The third-order valence-electron chi connectivity index (χ3n) is 3.54. The number of nitrogens with zero attached hydrogens (tertiary/aromatic N) is 2. The number of pyridine rings is 1. The van der Waals surface area contributed by atoms with Gasteiger partial charge in [-0.1, -0.05) is 0 Å². The van der Waals surface area contributed by atoms with Crippen LogP contribution in [0.5, 0.6) is 5.75 Å². The van der Waals surface area contributed by atoms with Crippen molar-refractivity contribution in [2.45, 2.75) is 24.8 Å². The topological polar surface area (TPSA) is 84.2 Å². The summed E-state index contributed by atoms with van der Waals surface area (Å²) in [6.07, 6.45) is 3.58. The zero-order chi connectivity index (χ0) is 18.4. The van der Waals surface area contributed by atoms with Gasteiger partial charge in [-0.2, -0.15) is 5.26 Å². The molecule has 0 fully saturated rings. The SMILES string of the molecule is COCC(C)(C#N)NC(=O)C(Oc1ccc2ncc(C)cc2c1)SC. The number of aromatic nitrogens is 1. The second-order valence-corrected chi connectivity index (χ2v) is 6.82. The number of fused-ring (bicyclic) bond motifs is 1. The van der Waals surface area contributed by atoms with Gasteiger partial charge in [0.2, 0.25) is 5.44 Å². The van der Waals surface area contributed by atoms with Gasteiger partial charge in [-0.05, 0) is 49.9 Å². The van der Waals surface area contributed by atoms with Crippen LogP contribution in [-0.2, 0) is 9.53 Å². The molecule has 0 aliphatic heterocycles. The van der Waals surface area contributed by atoms with Crippen LogP contribution in [0.1, 0.15) is 12.5 Å². The maximum atomic E-state index is 12.5. The Hall–Kier alpha value is -2.30. The lowest BCUT2D eigenvalue weighted by Gasteiger charge is -2.25. The van der Waals surface area contributed by atoms with E-state index >= 15 is 0 Å². The summed E-state index contributed by atoms with van der Waals surface area (Å²) in [5.74, 6) is 0.191. The predicted molar refractivity (Wildman–Crippen MR) is 98.4 cm³/mol. The minimum Gasteiger partial charge on any atom is -0.470 e. The molecule has 2 atom stereocenters. The number of thioether (sulfide) groups is 1. The molecule has 25 heavy (non-hydrogen) atoms. The van der Waals surface area contributed by atoms with Crippen molar-refractivity contribution in [3.63, 3.8) is 0 Å². The predicted octanol–water partition coefficient (Wildman–Crippen LogP) is 2.66. The fourth-order valence-corrected chi connectivity index (χ4v) is 2.82. The minimum absolute atomic E-state index is 0.0945. The van der Waals surface area contributed by atoms with E-state index < -0.39 is 11.0 Å². The number of carbonyl (C=O) groups is 1. The Kier molecular flexibility index (Phi) is 6.23. The smallest absolute Gasteiger partial charge is 0.273 e. The summed E-state index contributed by atoms with van der Waals surface area (Å²) in [6, 6.07) is 9.54. The average Bonchev–Trinajstić information content (AvgIpc) is 2.59. The van der Waals surface area contributed by atoms with E-state index in [0.717, 1.165) is 16.5 Å². The van der Waals surface area contributed by atoms with Crippen LogP contribution in [0.4, 0.5) is 0 Å². The third-order valence-corrected chi connectivity index (χ3v) is 4.28. The molecule has 2 aromatic rings.